The Labute approximate surface area is 182 Å². The molecule has 1 aliphatic rings. The highest BCUT2D eigenvalue weighted by atomic mass is 16.5. The normalized spacial score (nSPS) is 16.8. The molecule has 3 amide bonds. The van der Waals surface area contributed by atoms with Gasteiger partial charge in [-0.15, -0.1) is 0 Å². The average molecular weight is 425 g/mol. The van der Waals surface area contributed by atoms with Crippen LogP contribution in [0.4, 0.5) is 5.69 Å². The van der Waals surface area contributed by atoms with Gasteiger partial charge in [-0.1, -0.05) is 13.8 Å². The van der Waals surface area contributed by atoms with Crippen LogP contribution < -0.4 is 20.3 Å². The molecule has 1 aromatic heterocycles. The van der Waals surface area contributed by atoms with Crippen molar-refractivity contribution in [3.8, 4) is 5.75 Å². The number of hydrogen-bond acceptors (Lipinski definition) is 5. The maximum absolute atomic E-state index is 12.9. The Bertz CT molecular complexity index is 915. The molecule has 31 heavy (non-hydrogen) atoms. The summed E-state index contributed by atoms with van der Waals surface area (Å²) in [4.78, 5) is 43.6. The van der Waals surface area contributed by atoms with E-state index >= 15 is 0 Å². The molecule has 2 atom stereocenters. The number of carbonyl (C=O) groups excluding carboxylic acids is 3. The van der Waals surface area contributed by atoms with Gasteiger partial charge in [-0.25, -0.2) is 0 Å². The van der Waals surface area contributed by atoms with Crippen molar-refractivity contribution in [3.63, 3.8) is 0 Å². The molecule has 0 bridgehead atoms. The van der Waals surface area contributed by atoms with Crippen LogP contribution in [0.3, 0.4) is 0 Å². The van der Waals surface area contributed by atoms with E-state index in [1.807, 2.05) is 26.0 Å². The third kappa shape index (κ3) is 5.59. The Kier molecular flexibility index (Phi) is 7.23. The smallest absolute Gasteiger partial charge is 0.243 e. The monoisotopic (exact) mass is 424 g/mol. The molecule has 1 fully saturated rings. The standard InChI is InChI=1S/C23H28N4O4/c1-15(2)21(23(30)25-13-16-8-10-24-11-9-16)26-22(29)17-12-20(28)27(14-17)18-4-6-19(31-3)7-5-18/h4-11,15,17,21H,12-14H2,1-3H3,(H,25,30)(H,26,29)/t17?,21-/m0/s1. The number of amides is 3. The summed E-state index contributed by atoms with van der Waals surface area (Å²) in [5.74, 6) is -0.575. The topological polar surface area (TPSA) is 101 Å². The van der Waals surface area contributed by atoms with Gasteiger partial charge in [-0.3, -0.25) is 19.4 Å². The summed E-state index contributed by atoms with van der Waals surface area (Å²) in [5, 5.41) is 5.70. The molecule has 2 aromatic rings. The van der Waals surface area contributed by atoms with Crippen LogP contribution in [0, 0.1) is 11.8 Å². The second kappa shape index (κ2) is 10.1. The molecule has 1 aromatic carbocycles. The number of nitrogens with one attached hydrogen (secondary N) is 2. The molecule has 1 aliphatic heterocycles. The van der Waals surface area contributed by atoms with Crippen molar-refractivity contribution in [3.05, 3.63) is 54.4 Å². The summed E-state index contributed by atoms with van der Waals surface area (Å²) in [6, 6.07) is 10.1. The lowest BCUT2D eigenvalue weighted by Crippen LogP contribution is -2.51. The van der Waals surface area contributed by atoms with E-state index in [0.717, 1.165) is 11.3 Å². The zero-order valence-electron chi connectivity index (χ0n) is 18.0. The zero-order valence-corrected chi connectivity index (χ0v) is 18.0. The number of ether oxygens (including phenoxy) is 1. The predicted octanol–water partition coefficient (Wildman–Crippen LogP) is 1.90. The van der Waals surface area contributed by atoms with Gasteiger partial charge in [-0.2, -0.15) is 0 Å². The second-order valence-electron chi connectivity index (χ2n) is 7.91. The Morgan fingerprint density at radius 3 is 2.45 bits per heavy atom. The van der Waals surface area contributed by atoms with Gasteiger partial charge in [0.2, 0.25) is 17.7 Å². The molecule has 0 spiro atoms. The fourth-order valence-corrected chi connectivity index (χ4v) is 3.50. The second-order valence-corrected chi connectivity index (χ2v) is 7.91. The minimum Gasteiger partial charge on any atom is -0.497 e. The zero-order chi connectivity index (χ0) is 22.4. The Morgan fingerprint density at radius 1 is 1.16 bits per heavy atom. The average Bonchev–Trinajstić information content (AvgIpc) is 3.18. The van der Waals surface area contributed by atoms with E-state index in [1.165, 1.54) is 0 Å². The molecule has 0 radical (unpaired) electrons. The van der Waals surface area contributed by atoms with E-state index in [9.17, 15) is 14.4 Å². The molecular formula is C23H28N4O4. The minimum absolute atomic E-state index is 0.101. The molecular weight excluding hydrogens is 396 g/mol. The summed E-state index contributed by atoms with van der Waals surface area (Å²) >= 11 is 0. The fourth-order valence-electron chi connectivity index (χ4n) is 3.50. The predicted molar refractivity (Wildman–Crippen MR) is 116 cm³/mol. The SMILES string of the molecule is COc1ccc(N2CC(C(=O)N[C@H](C(=O)NCc3ccncc3)C(C)C)CC2=O)cc1. The van der Waals surface area contributed by atoms with Crippen LogP contribution >= 0.6 is 0 Å². The first-order chi connectivity index (χ1) is 14.9. The third-order valence-corrected chi connectivity index (χ3v) is 5.34. The minimum atomic E-state index is -0.681. The number of aromatic nitrogens is 1. The van der Waals surface area contributed by atoms with E-state index < -0.39 is 12.0 Å². The van der Waals surface area contributed by atoms with Crippen LogP contribution in [0.2, 0.25) is 0 Å². The molecule has 1 unspecified atom stereocenters. The van der Waals surface area contributed by atoms with Gasteiger partial charge in [0.15, 0.2) is 0 Å². The molecule has 8 nitrogen and oxygen atoms in total. The van der Waals surface area contributed by atoms with Crippen LogP contribution in [0.1, 0.15) is 25.8 Å². The highest BCUT2D eigenvalue weighted by Crippen LogP contribution is 2.27. The lowest BCUT2D eigenvalue weighted by atomic mass is 10.0. The highest BCUT2D eigenvalue weighted by Gasteiger charge is 2.37. The first-order valence-electron chi connectivity index (χ1n) is 10.3. The molecule has 0 saturated carbocycles. The van der Waals surface area contributed by atoms with Crippen molar-refractivity contribution in [2.45, 2.75) is 32.9 Å². The molecule has 8 heteroatoms. The summed E-state index contributed by atoms with van der Waals surface area (Å²) in [7, 11) is 1.58. The molecule has 164 valence electrons. The number of benzene rings is 1. The third-order valence-electron chi connectivity index (χ3n) is 5.34. The van der Waals surface area contributed by atoms with Gasteiger partial charge in [0.05, 0.1) is 13.0 Å². The van der Waals surface area contributed by atoms with Crippen LogP contribution in [0.15, 0.2) is 48.8 Å². The molecule has 3 rings (SSSR count). The summed E-state index contributed by atoms with van der Waals surface area (Å²) in [6.07, 6.45) is 3.44. The number of carbonyl (C=O) groups is 3. The van der Waals surface area contributed by atoms with Gasteiger partial charge >= 0.3 is 0 Å². The van der Waals surface area contributed by atoms with E-state index in [1.54, 1.807) is 48.7 Å². The molecule has 2 N–H and O–H groups in total. The van der Waals surface area contributed by atoms with Gasteiger partial charge < -0.3 is 20.3 Å². The number of hydrogen-bond donors (Lipinski definition) is 2. The fraction of sp³-hybridized carbons (Fsp3) is 0.391. The van der Waals surface area contributed by atoms with Crippen molar-refractivity contribution in [2.24, 2.45) is 11.8 Å². The maximum Gasteiger partial charge on any atom is 0.243 e. The Hall–Kier alpha value is -3.42. The van der Waals surface area contributed by atoms with Gasteiger partial charge in [-0.05, 0) is 47.9 Å². The lowest BCUT2D eigenvalue weighted by Gasteiger charge is -2.23. The quantitative estimate of drug-likeness (QED) is 0.674. The van der Waals surface area contributed by atoms with Crippen molar-refractivity contribution >= 4 is 23.4 Å². The van der Waals surface area contributed by atoms with Gasteiger partial charge in [0.25, 0.3) is 0 Å². The van der Waals surface area contributed by atoms with Crippen LogP contribution in [-0.2, 0) is 20.9 Å². The van der Waals surface area contributed by atoms with E-state index in [2.05, 4.69) is 15.6 Å². The molecule has 1 saturated heterocycles. The van der Waals surface area contributed by atoms with E-state index in [4.69, 9.17) is 4.74 Å². The van der Waals surface area contributed by atoms with Crippen LogP contribution in [0.5, 0.6) is 5.75 Å². The maximum atomic E-state index is 12.9. The summed E-state index contributed by atoms with van der Waals surface area (Å²) in [6.45, 7) is 4.38. The largest absolute Gasteiger partial charge is 0.497 e. The van der Waals surface area contributed by atoms with Gasteiger partial charge in [0.1, 0.15) is 11.8 Å². The molecule has 0 aliphatic carbocycles. The number of nitrogens with zero attached hydrogens (tertiary/aromatic N) is 2. The van der Waals surface area contributed by atoms with Crippen LogP contribution in [0.25, 0.3) is 0 Å². The van der Waals surface area contributed by atoms with Crippen molar-refractivity contribution in [1.29, 1.82) is 0 Å². The number of pyridine rings is 1. The number of methoxy groups -OCH3 is 1. The lowest BCUT2D eigenvalue weighted by molar-refractivity contribution is -0.132. The van der Waals surface area contributed by atoms with Crippen LogP contribution in [-0.4, -0.2) is 42.4 Å². The number of rotatable bonds is 8. The van der Waals surface area contributed by atoms with E-state index in [0.29, 0.717) is 12.3 Å². The summed E-state index contributed by atoms with van der Waals surface area (Å²) < 4.78 is 5.15. The van der Waals surface area contributed by atoms with Crippen molar-refractivity contribution in [2.75, 3.05) is 18.6 Å². The molecule has 2 heterocycles. The number of anilines is 1. The van der Waals surface area contributed by atoms with Crippen molar-refractivity contribution < 1.29 is 19.1 Å². The van der Waals surface area contributed by atoms with Crippen molar-refractivity contribution in [1.82, 2.24) is 15.6 Å². The first-order valence-corrected chi connectivity index (χ1v) is 10.3. The first kappa shape index (κ1) is 22.3. The van der Waals surface area contributed by atoms with Gasteiger partial charge in [0, 0.05) is 37.6 Å². The Morgan fingerprint density at radius 2 is 1.84 bits per heavy atom. The van der Waals surface area contributed by atoms with E-state index in [-0.39, 0.29) is 36.6 Å². The Balaban J connectivity index is 1.60. The summed E-state index contributed by atoms with van der Waals surface area (Å²) in [5.41, 5.74) is 1.64. The highest BCUT2D eigenvalue weighted by molar-refractivity contribution is 6.01.